The van der Waals surface area contributed by atoms with Crippen LogP contribution < -0.4 is 11.1 Å². The zero-order valence-electron chi connectivity index (χ0n) is 13.1. The molecule has 2 saturated heterocycles. The number of nitrogens with one attached hydrogen (secondary N) is 1. The number of rotatable bonds is 3. The van der Waals surface area contributed by atoms with Crippen molar-refractivity contribution in [1.82, 2.24) is 15.1 Å². The highest BCUT2D eigenvalue weighted by molar-refractivity contribution is 4.94. The van der Waals surface area contributed by atoms with Gasteiger partial charge in [-0.25, -0.2) is 0 Å². The Morgan fingerprint density at radius 2 is 1.63 bits per heavy atom. The van der Waals surface area contributed by atoms with Crippen LogP contribution in [0.3, 0.4) is 0 Å². The quantitative estimate of drug-likeness (QED) is 0.792. The smallest absolute Gasteiger partial charge is 0.0250 e. The number of nitrogens with two attached hydrogens (primary N) is 1. The Balaban J connectivity index is 1.98. The van der Waals surface area contributed by atoms with E-state index >= 15 is 0 Å². The van der Waals surface area contributed by atoms with Crippen LogP contribution in [0.15, 0.2) is 0 Å². The maximum atomic E-state index is 6.41. The largest absolute Gasteiger partial charge is 0.327 e. The minimum Gasteiger partial charge on any atom is -0.327 e. The Kier molecular flexibility index (Phi) is 5.23. The molecule has 112 valence electrons. The highest BCUT2D eigenvalue weighted by atomic mass is 15.2. The van der Waals surface area contributed by atoms with Crippen molar-refractivity contribution in [3.05, 3.63) is 0 Å². The van der Waals surface area contributed by atoms with E-state index in [1.807, 2.05) is 0 Å². The normalized spacial score (nSPS) is 35.2. The van der Waals surface area contributed by atoms with E-state index in [0.717, 1.165) is 32.6 Å². The molecular weight excluding hydrogens is 236 g/mol. The second-order valence-electron chi connectivity index (χ2n) is 6.85. The van der Waals surface area contributed by atoms with Gasteiger partial charge in [-0.3, -0.25) is 4.90 Å². The van der Waals surface area contributed by atoms with Gasteiger partial charge in [0.05, 0.1) is 0 Å². The minimum absolute atomic E-state index is 0.361. The van der Waals surface area contributed by atoms with Gasteiger partial charge in [0.1, 0.15) is 0 Å². The Labute approximate surface area is 118 Å². The molecule has 2 rings (SSSR count). The third-order valence-electron chi connectivity index (χ3n) is 4.96. The molecule has 2 aliphatic rings. The van der Waals surface area contributed by atoms with E-state index in [1.165, 1.54) is 6.54 Å². The standard InChI is InChI=1S/C15H32N4/c1-11(2)18-7-5-14(16)13(9-18)15-10-19(12(3)4)8-6-17-15/h11-15,17H,5-10,16H2,1-4H3. The van der Waals surface area contributed by atoms with E-state index in [1.54, 1.807) is 0 Å². The summed E-state index contributed by atoms with van der Waals surface area (Å²) in [5, 5.41) is 3.72. The monoisotopic (exact) mass is 268 g/mol. The van der Waals surface area contributed by atoms with E-state index in [-0.39, 0.29) is 0 Å². The molecule has 3 unspecified atom stereocenters. The lowest BCUT2D eigenvalue weighted by Crippen LogP contribution is -2.62. The molecule has 0 aliphatic carbocycles. The first-order valence-electron chi connectivity index (χ1n) is 7.96. The maximum Gasteiger partial charge on any atom is 0.0250 e. The van der Waals surface area contributed by atoms with E-state index in [2.05, 4.69) is 42.8 Å². The van der Waals surface area contributed by atoms with Crippen molar-refractivity contribution < 1.29 is 0 Å². The summed E-state index contributed by atoms with van der Waals surface area (Å²) in [6, 6.07) is 2.21. The van der Waals surface area contributed by atoms with Crippen LogP contribution in [0.1, 0.15) is 34.1 Å². The summed E-state index contributed by atoms with van der Waals surface area (Å²) in [4.78, 5) is 5.17. The molecule has 0 saturated carbocycles. The average Bonchev–Trinajstić information content (AvgIpc) is 2.39. The Hall–Kier alpha value is -0.160. The van der Waals surface area contributed by atoms with Crippen molar-refractivity contribution in [2.45, 2.75) is 58.3 Å². The van der Waals surface area contributed by atoms with Crippen LogP contribution in [0, 0.1) is 5.92 Å². The summed E-state index contributed by atoms with van der Waals surface area (Å²) in [7, 11) is 0. The van der Waals surface area contributed by atoms with Crippen LogP contribution in [0.2, 0.25) is 0 Å². The number of hydrogen-bond acceptors (Lipinski definition) is 4. The minimum atomic E-state index is 0.361. The number of piperidine rings is 1. The third-order valence-corrected chi connectivity index (χ3v) is 4.96. The van der Waals surface area contributed by atoms with E-state index in [4.69, 9.17) is 5.73 Å². The van der Waals surface area contributed by atoms with Gasteiger partial charge in [-0.05, 0) is 40.7 Å². The molecule has 0 aromatic rings. The van der Waals surface area contributed by atoms with Gasteiger partial charge in [-0.15, -0.1) is 0 Å². The highest BCUT2D eigenvalue weighted by Crippen LogP contribution is 2.23. The molecule has 0 amide bonds. The van der Waals surface area contributed by atoms with Gasteiger partial charge in [-0.2, -0.15) is 0 Å². The van der Waals surface area contributed by atoms with Crippen molar-refractivity contribution in [3.63, 3.8) is 0 Å². The van der Waals surface area contributed by atoms with Crippen molar-refractivity contribution in [2.75, 3.05) is 32.7 Å². The lowest BCUT2D eigenvalue weighted by molar-refractivity contribution is 0.0659. The Bertz CT molecular complexity index is 279. The molecule has 2 aliphatic heterocycles. The summed E-state index contributed by atoms with van der Waals surface area (Å²) in [5.41, 5.74) is 6.41. The number of hydrogen-bond donors (Lipinski definition) is 2. The molecule has 2 heterocycles. The molecule has 19 heavy (non-hydrogen) atoms. The second-order valence-corrected chi connectivity index (χ2v) is 6.85. The van der Waals surface area contributed by atoms with Gasteiger partial charge in [0.15, 0.2) is 0 Å². The van der Waals surface area contributed by atoms with Crippen LogP contribution >= 0.6 is 0 Å². The third kappa shape index (κ3) is 3.69. The molecule has 3 N–H and O–H groups in total. The summed E-state index contributed by atoms with van der Waals surface area (Å²) < 4.78 is 0. The van der Waals surface area contributed by atoms with Crippen molar-refractivity contribution in [3.8, 4) is 0 Å². The Morgan fingerprint density at radius 1 is 1.00 bits per heavy atom. The first-order valence-corrected chi connectivity index (χ1v) is 7.96. The molecule has 4 heteroatoms. The average molecular weight is 268 g/mol. The first-order chi connectivity index (χ1) is 8.99. The van der Waals surface area contributed by atoms with Gasteiger partial charge < -0.3 is 16.0 Å². The molecule has 0 bridgehead atoms. The summed E-state index contributed by atoms with van der Waals surface area (Å²) in [5.74, 6) is 0.595. The highest BCUT2D eigenvalue weighted by Gasteiger charge is 2.35. The fourth-order valence-corrected chi connectivity index (χ4v) is 3.48. The molecule has 0 spiro atoms. The van der Waals surface area contributed by atoms with Crippen LogP contribution in [0.5, 0.6) is 0 Å². The zero-order valence-corrected chi connectivity index (χ0v) is 13.1. The fourth-order valence-electron chi connectivity index (χ4n) is 3.48. The van der Waals surface area contributed by atoms with Crippen LogP contribution in [0.25, 0.3) is 0 Å². The summed E-state index contributed by atoms with van der Waals surface area (Å²) >= 11 is 0. The topological polar surface area (TPSA) is 44.5 Å². The molecule has 0 aromatic heterocycles. The van der Waals surface area contributed by atoms with Crippen LogP contribution in [-0.2, 0) is 0 Å². The Morgan fingerprint density at radius 3 is 2.26 bits per heavy atom. The fraction of sp³-hybridized carbons (Fsp3) is 1.00. The van der Waals surface area contributed by atoms with Crippen LogP contribution in [0.4, 0.5) is 0 Å². The first kappa shape index (κ1) is 15.2. The molecule has 0 aromatic carbocycles. The number of likely N-dealkylation sites (tertiary alicyclic amines) is 1. The van der Waals surface area contributed by atoms with Gasteiger partial charge in [0.2, 0.25) is 0 Å². The van der Waals surface area contributed by atoms with Gasteiger partial charge in [-0.1, -0.05) is 0 Å². The van der Waals surface area contributed by atoms with Crippen LogP contribution in [-0.4, -0.2) is 66.7 Å². The maximum absolute atomic E-state index is 6.41. The lowest BCUT2D eigenvalue weighted by Gasteiger charge is -2.46. The predicted octanol–water partition coefficient (Wildman–Crippen LogP) is 0.726. The van der Waals surface area contributed by atoms with Gasteiger partial charge in [0.25, 0.3) is 0 Å². The summed E-state index contributed by atoms with van der Waals surface area (Å²) in [6.45, 7) is 14.9. The zero-order chi connectivity index (χ0) is 14.0. The molecule has 2 fully saturated rings. The molecular formula is C15H32N4. The predicted molar refractivity (Wildman–Crippen MR) is 81.3 cm³/mol. The SMILES string of the molecule is CC(C)N1CCNC(C2CN(C(C)C)CCC2N)C1. The molecule has 3 atom stereocenters. The van der Waals surface area contributed by atoms with E-state index in [0.29, 0.717) is 30.1 Å². The van der Waals surface area contributed by atoms with E-state index in [9.17, 15) is 0 Å². The summed E-state index contributed by atoms with van der Waals surface area (Å²) in [6.07, 6.45) is 1.14. The van der Waals surface area contributed by atoms with Crippen molar-refractivity contribution >= 4 is 0 Å². The van der Waals surface area contributed by atoms with Gasteiger partial charge in [0, 0.05) is 56.3 Å². The van der Waals surface area contributed by atoms with Crippen molar-refractivity contribution in [1.29, 1.82) is 0 Å². The lowest BCUT2D eigenvalue weighted by atomic mass is 9.84. The van der Waals surface area contributed by atoms with Gasteiger partial charge >= 0.3 is 0 Å². The number of piperazine rings is 1. The van der Waals surface area contributed by atoms with Crippen molar-refractivity contribution in [2.24, 2.45) is 11.7 Å². The number of nitrogens with zero attached hydrogens (tertiary/aromatic N) is 2. The molecule has 4 nitrogen and oxygen atoms in total. The second kappa shape index (κ2) is 6.53. The van der Waals surface area contributed by atoms with E-state index < -0.39 is 0 Å². The molecule has 0 radical (unpaired) electrons.